The van der Waals surface area contributed by atoms with Crippen LogP contribution in [0.2, 0.25) is 0 Å². The molecule has 70 heavy (non-hydrogen) atoms. The number of hydrogen-bond donors (Lipinski definition) is 0. The van der Waals surface area contributed by atoms with E-state index in [9.17, 15) is 0 Å². The van der Waals surface area contributed by atoms with Crippen molar-refractivity contribution in [3.63, 3.8) is 0 Å². The van der Waals surface area contributed by atoms with Crippen LogP contribution < -0.4 is 14.5 Å². The Kier molecular flexibility index (Phi) is 9.39. The average molecular weight is 905 g/mol. The molecule has 0 N–H and O–H groups in total. The SMILES string of the molecule is CCC1=C(CC)C2(c3ccc(N(c4ccccc4)c4ccc5c(c4)C(C)(C)c4ccccc4-5)cc3O1)c1ccccc1-c1cccc(N(c3ccccc3)c3ccc4c(c3)C(C)(C)c3ccccc3-4)c12. The molecule has 4 aliphatic rings. The molecule has 1 unspecified atom stereocenters. The molecular formula is C67H56N2O. The van der Waals surface area contributed by atoms with Crippen LogP contribution in [0, 0.1) is 0 Å². The molecule has 0 saturated heterocycles. The van der Waals surface area contributed by atoms with Crippen LogP contribution >= 0.6 is 0 Å². The van der Waals surface area contributed by atoms with Crippen molar-refractivity contribution in [3.8, 4) is 39.1 Å². The zero-order chi connectivity index (χ0) is 47.5. The number of anilines is 6. The van der Waals surface area contributed by atoms with Crippen LogP contribution in [-0.2, 0) is 16.2 Å². The van der Waals surface area contributed by atoms with E-state index >= 15 is 0 Å². The smallest absolute Gasteiger partial charge is 0.133 e. The monoisotopic (exact) mass is 904 g/mol. The summed E-state index contributed by atoms with van der Waals surface area (Å²) in [5.74, 6) is 1.93. The van der Waals surface area contributed by atoms with Gasteiger partial charge in [-0.3, -0.25) is 0 Å². The fraction of sp³-hybridized carbons (Fsp3) is 0.164. The molecule has 1 atom stereocenters. The van der Waals surface area contributed by atoms with Crippen molar-refractivity contribution in [2.45, 2.75) is 70.6 Å². The van der Waals surface area contributed by atoms with Crippen LogP contribution in [0.15, 0.2) is 218 Å². The number of rotatable bonds is 8. The molecule has 13 rings (SSSR count). The Bertz CT molecular complexity index is 3620. The third-order valence-electron chi connectivity index (χ3n) is 16.3. The number of allylic oxidation sites excluding steroid dienone is 2. The Morgan fingerprint density at radius 1 is 0.357 bits per heavy atom. The first kappa shape index (κ1) is 42.2. The predicted octanol–water partition coefficient (Wildman–Crippen LogP) is 18.0. The maximum Gasteiger partial charge on any atom is 0.133 e. The molecule has 0 radical (unpaired) electrons. The van der Waals surface area contributed by atoms with Crippen molar-refractivity contribution in [1.82, 2.24) is 0 Å². The Morgan fingerprint density at radius 2 is 0.814 bits per heavy atom. The van der Waals surface area contributed by atoms with Crippen LogP contribution in [0.25, 0.3) is 33.4 Å². The summed E-state index contributed by atoms with van der Waals surface area (Å²) in [7, 11) is 0. The van der Waals surface area contributed by atoms with Crippen LogP contribution in [0.5, 0.6) is 5.75 Å². The lowest BCUT2D eigenvalue weighted by atomic mass is 9.64. The highest BCUT2D eigenvalue weighted by Gasteiger charge is 2.53. The summed E-state index contributed by atoms with van der Waals surface area (Å²) >= 11 is 0. The Morgan fingerprint density at radius 3 is 1.39 bits per heavy atom. The minimum Gasteiger partial charge on any atom is -0.461 e. The quantitative estimate of drug-likeness (QED) is 0.151. The second-order valence-electron chi connectivity index (χ2n) is 20.5. The second-order valence-corrected chi connectivity index (χ2v) is 20.5. The normalized spacial score (nSPS) is 16.9. The van der Waals surface area contributed by atoms with Gasteiger partial charge in [-0.05, 0) is 134 Å². The highest BCUT2D eigenvalue weighted by Crippen LogP contribution is 2.65. The van der Waals surface area contributed by atoms with Crippen LogP contribution in [-0.4, -0.2) is 0 Å². The van der Waals surface area contributed by atoms with Gasteiger partial charge in [0.25, 0.3) is 0 Å². The van der Waals surface area contributed by atoms with E-state index in [1.165, 1.54) is 83.6 Å². The lowest BCUT2D eigenvalue weighted by Crippen LogP contribution is -2.36. The lowest BCUT2D eigenvalue weighted by Gasteiger charge is -2.43. The van der Waals surface area contributed by atoms with Crippen LogP contribution in [0.3, 0.4) is 0 Å². The summed E-state index contributed by atoms with van der Waals surface area (Å²) < 4.78 is 7.33. The molecule has 1 heterocycles. The molecule has 9 aromatic carbocycles. The highest BCUT2D eigenvalue weighted by atomic mass is 16.5. The number of ether oxygens (including phenoxy) is 1. The molecule has 3 nitrogen and oxygen atoms in total. The Labute approximate surface area is 413 Å². The van der Waals surface area contributed by atoms with Gasteiger partial charge in [0.2, 0.25) is 0 Å². The zero-order valence-electron chi connectivity index (χ0n) is 40.8. The van der Waals surface area contributed by atoms with Crippen molar-refractivity contribution in [3.05, 3.63) is 257 Å². The molecule has 0 amide bonds. The first-order chi connectivity index (χ1) is 34.2. The second kappa shape index (κ2) is 15.6. The summed E-state index contributed by atoms with van der Waals surface area (Å²) in [6.07, 6.45) is 1.59. The van der Waals surface area contributed by atoms with Crippen molar-refractivity contribution in [2.24, 2.45) is 0 Å². The first-order valence-corrected chi connectivity index (χ1v) is 25.1. The fourth-order valence-electron chi connectivity index (χ4n) is 13.2. The van der Waals surface area contributed by atoms with Gasteiger partial charge in [-0.1, -0.05) is 181 Å². The van der Waals surface area contributed by atoms with E-state index in [4.69, 9.17) is 4.74 Å². The molecule has 340 valence electrons. The first-order valence-electron chi connectivity index (χ1n) is 25.1. The van der Waals surface area contributed by atoms with E-state index in [0.717, 1.165) is 52.8 Å². The molecule has 0 aromatic heterocycles. The number of fused-ring (bicyclic) bond motifs is 13. The molecule has 9 aromatic rings. The summed E-state index contributed by atoms with van der Waals surface area (Å²) in [5.41, 5.74) is 24.1. The molecule has 3 aliphatic carbocycles. The van der Waals surface area contributed by atoms with Crippen LogP contribution in [0.1, 0.15) is 93.3 Å². The van der Waals surface area contributed by atoms with Gasteiger partial charge in [-0.2, -0.15) is 0 Å². The van der Waals surface area contributed by atoms with Gasteiger partial charge >= 0.3 is 0 Å². The summed E-state index contributed by atoms with van der Waals surface area (Å²) in [4.78, 5) is 4.94. The number of benzene rings is 9. The summed E-state index contributed by atoms with van der Waals surface area (Å²) in [6.45, 7) is 14.0. The van der Waals surface area contributed by atoms with Crippen LogP contribution in [0.4, 0.5) is 34.1 Å². The summed E-state index contributed by atoms with van der Waals surface area (Å²) in [6, 6.07) is 77.0. The standard InChI is InChI=1S/C67H56N2O/c1-7-54-62(8-2)70-63-42-47(68(43-22-11-9-12-23-43)45-34-37-51-48-26-15-18-30-55(48)65(3,4)59(51)40-45)36-39-58(63)67(54)57-32-20-17-28-50(57)53-29-21-33-61(64(53)67)69(44-24-13-10-14-25-44)46-35-38-52-49-27-16-19-31-56(49)66(5,6)60(52)41-46/h9-42H,7-8H2,1-6H3. The van der Waals surface area contributed by atoms with Gasteiger partial charge in [0.05, 0.1) is 11.1 Å². The largest absolute Gasteiger partial charge is 0.461 e. The van der Waals surface area contributed by atoms with Gasteiger partial charge in [-0.15, -0.1) is 0 Å². The van der Waals surface area contributed by atoms with E-state index in [0.29, 0.717) is 0 Å². The molecule has 3 heteroatoms. The molecule has 0 bridgehead atoms. The minimum absolute atomic E-state index is 0.136. The minimum atomic E-state index is -0.644. The maximum atomic E-state index is 7.33. The van der Waals surface area contributed by atoms with E-state index in [2.05, 4.69) is 258 Å². The zero-order valence-corrected chi connectivity index (χ0v) is 40.8. The third-order valence-corrected chi connectivity index (χ3v) is 16.3. The van der Waals surface area contributed by atoms with E-state index in [-0.39, 0.29) is 10.8 Å². The number of hydrogen-bond acceptors (Lipinski definition) is 3. The van der Waals surface area contributed by atoms with Gasteiger partial charge < -0.3 is 14.5 Å². The molecular weight excluding hydrogens is 849 g/mol. The van der Waals surface area contributed by atoms with E-state index in [1.54, 1.807) is 0 Å². The van der Waals surface area contributed by atoms with Gasteiger partial charge in [0.1, 0.15) is 11.5 Å². The maximum absolute atomic E-state index is 7.33. The lowest BCUT2D eigenvalue weighted by molar-refractivity contribution is 0.363. The van der Waals surface area contributed by atoms with E-state index in [1.807, 2.05) is 0 Å². The van der Waals surface area contributed by atoms with Crippen molar-refractivity contribution in [2.75, 3.05) is 9.80 Å². The third kappa shape index (κ3) is 5.81. The average Bonchev–Trinajstić information content (AvgIpc) is 3.91. The fourth-order valence-corrected chi connectivity index (χ4v) is 13.2. The van der Waals surface area contributed by atoms with Crippen molar-refractivity contribution in [1.29, 1.82) is 0 Å². The van der Waals surface area contributed by atoms with Crippen molar-refractivity contribution >= 4 is 34.1 Å². The number of nitrogens with zero attached hydrogens (tertiary/aromatic N) is 2. The summed E-state index contributed by atoms with van der Waals surface area (Å²) in [5, 5.41) is 0. The topological polar surface area (TPSA) is 15.7 Å². The van der Waals surface area contributed by atoms with Gasteiger partial charge in [0, 0.05) is 62.9 Å². The van der Waals surface area contributed by atoms with E-state index < -0.39 is 5.41 Å². The highest BCUT2D eigenvalue weighted by molar-refractivity contribution is 5.96. The number of para-hydroxylation sites is 2. The Hall–Kier alpha value is -7.88. The predicted molar refractivity (Wildman–Crippen MR) is 291 cm³/mol. The molecule has 0 saturated carbocycles. The van der Waals surface area contributed by atoms with Gasteiger partial charge in [0.15, 0.2) is 0 Å². The molecule has 1 aliphatic heterocycles. The Balaban J connectivity index is 1.04. The molecule has 0 fully saturated rings. The van der Waals surface area contributed by atoms with Gasteiger partial charge in [-0.25, -0.2) is 0 Å². The molecule has 1 spiro atoms. The van der Waals surface area contributed by atoms with Crippen molar-refractivity contribution < 1.29 is 4.74 Å².